The Morgan fingerprint density at radius 1 is 1.18 bits per heavy atom. The van der Waals surface area contributed by atoms with Gasteiger partial charge in [0.1, 0.15) is 11.9 Å². The van der Waals surface area contributed by atoms with Crippen LogP contribution in [0.4, 0.5) is 13.2 Å². The van der Waals surface area contributed by atoms with E-state index in [-0.39, 0.29) is 12.1 Å². The maximum atomic E-state index is 13.5. The third kappa shape index (κ3) is 4.36. The van der Waals surface area contributed by atoms with E-state index in [2.05, 4.69) is 16.8 Å². The molecule has 1 saturated carbocycles. The first-order valence-corrected chi connectivity index (χ1v) is 11.2. The Hall–Kier alpha value is -2.87. The molecule has 5 nitrogen and oxygen atoms in total. The van der Waals surface area contributed by atoms with Crippen LogP contribution in [-0.4, -0.2) is 32.1 Å². The molecular weight excluding hydrogens is 453 g/mol. The van der Waals surface area contributed by atoms with Crippen molar-refractivity contribution in [3.05, 3.63) is 82.5 Å². The van der Waals surface area contributed by atoms with E-state index in [9.17, 15) is 18.0 Å². The van der Waals surface area contributed by atoms with E-state index in [1.54, 1.807) is 12.2 Å². The van der Waals surface area contributed by atoms with Gasteiger partial charge in [-0.15, -0.1) is 10.2 Å². The minimum absolute atomic E-state index is 0.200. The standard InChI is InChI=1S/C24H24ClF3N4O/c1-3-4-5-8-15(2)20-22-30-29-21(16-9-6-10-16)32(22)14-13-31(20)23(33)17-11-7-12-18(19(17)25)24(26,27)28/h3-5,7-8,11-12,16,20H,2,6,9-10,13-14H2,1H3/b4-3-,8-5-/t20-/m1/s1. The number of nitrogens with zero attached hydrogens (tertiary/aromatic N) is 4. The zero-order valence-corrected chi connectivity index (χ0v) is 18.9. The number of rotatable bonds is 5. The largest absolute Gasteiger partial charge is 0.417 e. The third-order valence-electron chi connectivity index (χ3n) is 6.16. The number of amides is 1. The van der Waals surface area contributed by atoms with Crippen LogP contribution in [0.2, 0.25) is 5.02 Å². The van der Waals surface area contributed by atoms with Crippen molar-refractivity contribution in [2.75, 3.05) is 6.54 Å². The minimum atomic E-state index is -4.66. The molecule has 1 aromatic carbocycles. The van der Waals surface area contributed by atoms with Crippen LogP contribution >= 0.6 is 11.6 Å². The molecule has 2 heterocycles. The number of halogens is 4. The normalized spacial score (nSPS) is 19.2. The summed E-state index contributed by atoms with van der Waals surface area (Å²) >= 11 is 6.06. The summed E-state index contributed by atoms with van der Waals surface area (Å²) in [5.41, 5.74) is -0.655. The number of benzene rings is 1. The highest BCUT2D eigenvalue weighted by atomic mass is 35.5. The van der Waals surface area contributed by atoms with Crippen LogP contribution in [0.5, 0.6) is 0 Å². The lowest BCUT2D eigenvalue weighted by molar-refractivity contribution is -0.137. The molecule has 0 N–H and O–H groups in total. The first kappa shape index (κ1) is 23.3. The predicted molar refractivity (Wildman–Crippen MR) is 120 cm³/mol. The van der Waals surface area contributed by atoms with Crippen LogP contribution in [0.3, 0.4) is 0 Å². The van der Waals surface area contributed by atoms with Crippen molar-refractivity contribution in [2.24, 2.45) is 0 Å². The van der Waals surface area contributed by atoms with Gasteiger partial charge >= 0.3 is 6.18 Å². The van der Waals surface area contributed by atoms with E-state index < -0.39 is 28.7 Å². The molecule has 2 aromatic rings. The van der Waals surface area contributed by atoms with Gasteiger partial charge in [0, 0.05) is 19.0 Å². The van der Waals surface area contributed by atoms with Gasteiger partial charge in [-0.25, -0.2) is 0 Å². The Bertz CT molecular complexity index is 1130. The molecule has 0 unspecified atom stereocenters. The highest BCUT2D eigenvalue weighted by Gasteiger charge is 2.40. The van der Waals surface area contributed by atoms with Crippen LogP contribution in [0, 0.1) is 0 Å². The molecule has 1 aliphatic carbocycles. The lowest BCUT2D eigenvalue weighted by Gasteiger charge is -2.37. The van der Waals surface area contributed by atoms with E-state index in [0.29, 0.717) is 23.9 Å². The van der Waals surface area contributed by atoms with Crippen LogP contribution in [0.15, 0.2) is 54.7 Å². The highest BCUT2D eigenvalue weighted by molar-refractivity contribution is 6.34. The minimum Gasteiger partial charge on any atom is -0.322 e. The lowest BCUT2D eigenvalue weighted by atomic mass is 9.84. The van der Waals surface area contributed by atoms with E-state index in [1.807, 2.05) is 23.6 Å². The van der Waals surface area contributed by atoms with Crippen LogP contribution in [0.1, 0.15) is 65.7 Å². The van der Waals surface area contributed by atoms with Crippen molar-refractivity contribution >= 4 is 17.5 Å². The molecule has 9 heteroatoms. The number of carbonyl (C=O) groups excluding carboxylic acids is 1. The van der Waals surface area contributed by atoms with Gasteiger partial charge in [0.15, 0.2) is 5.82 Å². The van der Waals surface area contributed by atoms with Crippen LogP contribution in [0.25, 0.3) is 0 Å². The van der Waals surface area contributed by atoms with Crippen LogP contribution in [-0.2, 0) is 12.7 Å². The smallest absolute Gasteiger partial charge is 0.322 e. The zero-order valence-electron chi connectivity index (χ0n) is 18.1. The van der Waals surface area contributed by atoms with E-state index >= 15 is 0 Å². The quantitative estimate of drug-likeness (QED) is 0.490. The Kier molecular flexibility index (Phi) is 6.47. The molecule has 1 fully saturated rings. The molecule has 0 saturated heterocycles. The monoisotopic (exact) mass is 476 g/mol. The topological polar surface area (TPSA) is 51.0 Å². The van der Waals surface area contributed by atoms with Gasteiger partial charge in [-0.2, -0.15) is 13.2 Å². The second-order valence-corrected chi connectivity index (χ2v) is 8.60. The molecule has 1 aliphatic heterocycles. The SMILES string of the molecule is C=C(/C=C\C=C/C)[C@@H]1c2nnc(C3CCC3)n2CCN1C(=O)c1cccc(C(F)(F)F)c1Cl. The second kappa shape index (κ2) is 9.17. The predicted octanol–water partition coefficient (Wildman–Crippen LogP) is 6.10. The van der Waals surface area contributed by atoms with Gasteiger partial charge in [0.05, 0.1) is 16.1 Å². The van der Waals surface area contributed by atoms with Gasteiger partial charge < -0.3 is 9.47 Å². The van der Waals surface area contributed by atoms with Crippen molar-refractivity contribution in [2.45, 2.75) is 50.9 Å². The Labute approximate surface area is 195 Å². The van der Waals surface area contributed by atoms with E-state index in [4.69, 9.17) is 11.6 Å². The van der Waals surface area contributed by atoms with E-state index in [1.165, 1.54) is 17.0 Å². The highest BCUT2D eigenvalue weighted by Crippen LogP contribution is 2.41. The number of fused-ring (bicyclic) bond motifs is 1. The van der Waals surface area contributed by atoms with Gasteiger partial charge in [-0.3, -0.25) is 4.79 Å². The summed E-state index contributed by atoms with van der Waals surface area (Å²) in [5, 5.41) is 8.18. The molecule has 33 heavy (non-hydrogen) atoms. The molecular formula is C24H24ClF3N4O. The summed E-state index contributed by atoms with van der Waals surface area (Å²) in [4.78, 5) is 15.0. The fourth-order valence-corrected chi connectivity index (χ4v) is 4.55. The maximum absolute atomic E-state index is 13.5. The second-order valence-electron chi connectivity index (χ2n) is 8.22. The number of hydrogen-bond donors (Lipinski definition) is 0. The molecule has 1 amide bonds. The summed E-state index contributed by atoms with van der Waals surface area (Å²) in [7, 11) is 0. The number of alkyl halides is 3. The first-order chi connectivity index (χ1) is 15.7. The lowest BCUT2D eigenvalue weighted by Crippen LogP contribution is -2.43. The molecule has 0 spiro atoms. The molecule has 1 atom stereocenters. The summed E-state index contributed by atoms with van der Waals surface area (Å²) < 4.78 is 42.1. The van der Waals surface area contributed by atoms with Gasteiger partial charge in [-0.05, 0) is 37.5 Å². The van der Waals surface area contributed by atoms with E-state index in [0.717, 1.165) is 31.2 Å². The maximum Gasteiger partial charge on any atom is 0.417 e. The van der Waals surface area contributed by atoms with Crippen molar-refractivity contribution in [1.29, 1.82) is 0 Å². The first-order valence-electron chi connectivity index (χ1n) is 10.8. The van der Waals surface area contributed by atoms with Crippen molar-refractivity contribution < 1.29 is 18.0 Å². The van der Waals surface area contributed by atoms with Gasteiger partial charge in [-0.1, -0.05) is 55.0 Å². The Balaban J connectivity index is 1.75. The Morgan fingerprint density at radius 2 is 1.91 bits per heavy atom. The average Bonchev–Trinajstić information content (AvgIpc) is 3.14. The third-order valence-corrected chi connectivity index (χ3v) is 6.57. The molecule has 4 rings (SSSR count). The number of carbonyl (C=O) groups is 1. The Morgan fingerprint density at radius 3 is 2.55 bits per heavy atom. The molecule has 1 aromatic heterocycles. The number of aromatic nitrogens is 3. The average molecular weight is 477 g/mol. The molecule has 0 bridgehead atoms. The zero-order chi connectivity index (χ0) is 23.8. The fraction of sp³-hybridized carbons (Fsp3) is 0.375. The van der Waals surface area contributed by atoms with Crippen molar-refractivity contribution in [1.82, 2.24) is 19.7 Å². The fourth-order valence-electron chi connectivity index (χ4n) is 4.24. The summed E-state index contributed by atoms with van der Waals surface area (Å²) in [6, 6.07) is 2.71. The molecule has 2 aliphatic rings. The molecule has 0 radical (unpaired) electrons. The van der Waals surface area contributed by atoms with Crippen molar-refractivity contribution in [3.8, 4) is 0 Å². The summed E-state index contributed by atoms with van der Waals surface area (Å²) in [6.07, 6.45) is 5.83. The van der Waals surface area contributed by atoms with Crippen molar-refractivity contribution in [3.63, 3.8) is 0 Å². The van der Waals surface area contributed by atoms with Gasteiger partial charge in [0.2, 0.25) is 0 Å². The molecule has 174 valence electrons. The van der Waals surface area contributed by atoms with Gasteiger partial charge in [0.25, 0.3) is 5.91 Å². The van der Waals surface area contributed by atoms with Crippen LogP contribution < -0.4 is 0 Å². The number of allylic oxidation sites excluding steroid dienone is 3. The summed E-state index contributed by atoms with van der Waals surface area (Å²) in [6.45, 7) is 6.74. The number of hydrogen-bond acceptors (Lipinski definition) is 3. The summed E-state index contributed by atoms with van der Waals surface area (Å²) in [5.74, 6) is 1.21.